The Morgan fingerprint density at radius 1 is 0.682 bits per heavy atom. The summed E-state index contributed by atoms with van der Waals surface area (Å²) in [4.78, 5) is 5.57. The molecule has 0 aliphatic rings. The van der Waals surface area contributed by atoms with Gasteiger partial charge >= 0.3 is 0 Å². The summed E-state index contributed by atoms with van der Waals surface area (Å²) in [6, 6.07) is 19.6. The zero-order valence-corrected chi connectivity index (χ0v) is 15.4. The van der Waals surface area contributed by atoms with Gasteiger partial charge in [-0.2, -0.15) is 0 Å². The molecule has 0 atom stereocenters. The molecule has 3 aromatic rings. The average molecular weight is 343 g/mol. The van der Waals surface area contributed by atoms with E-state index in [9.17, 15) is 0 Å². The van der Waals surface area contributed by atoms with Gasteiger partial charge in [-0.3, -0.25) is 0 Å². The van der Waals surface area contributed by atoms with Crippen LogP contribution < -0.4 is 0 Å². The molecule has 0 spiro atoms. The second-order valence-electron chi connectivity index (χ2n) is 5.06. The third-order valence-corrected chi connectivity index (χ3v) is 6.89. The summed E-state index contributed by atoms with van der Waals surface area (Å²) in [5.41, 5.74) is 3.93. The molecule has 1 heterocycles. The van der Waals surface area contributed by atoms with E-state index in [4.69, 9.17) is 0 Å². The molecule has 2 aromatic carbocycles. The van der Waals surface area contributed by atoms with Gasteiger partial charge in [0.2, 0.25) is 0 Å². The maximum absolute atomic E-state index is 2.24. The number of benzene rings is 2. The maximum atomic E-state index is 2.24. The van der Waals surface area contributed by atoms with E-state index >= 15 is 0 Å². The number of aryl methyl sites for hydroxylation is 1. The van der Waals surface area contributed by atoms with Gasteiger partial charge in [-0.25, -0.2) is 0 Å². The lowest BCUT2D eigenvalue weighted by Crippen LogP contribution is -1.79. The minimum atomic E-state index is 1.30. The molecular formula is C19H18S3. The fraction of sp³-hybridized carbons (Fsp3) is 0.158. The molecule has 0 N–H and O–H groups in total. The van der Waals surface area contributed by atoms with Crippen LogP contribution in [0.15, 0.2) is 64.4 Å². The van der Waals surface area contributed by atoms with Crippen molar-refractivity contribution >= 4 is 34.9 Å². The lowest BCUT2D eigenvalue weighted by atomic mass is 10.1. The molecular weight excluding hydrogens is 324 g/mol. The number of thiophene rings is 1. The predicted molar refractivity (Wildman–Crippen MR) is 103 cm³/mol. The average Bonchev–Trinajstić information content (AvgIpc) is 2.95. The van der Waals surface area contributed by atoms with Gasteiger partial charge < -0.3 is 0 Å². The van der Waals surface area contributed by atoms with Crippen LogP contribution in [0.5, 0.6) is 0 Å². The molecule has 112 valence electrons. The largest absolute Gasteiger partial charge is 0.133 e. The smallest absolute Gasteiger partial charge is 0.0496 e. The van der Waals surface area contributed by atoms with Gasteiger partial charge in [-0.1, -0.05) is 60.2 Å². The second-order valence-corrected chi connectivity index (χ2v) is 7.71. The summed E-state index contributed by atoms with van der Waals surface area (Å²) < 4.78 is 0. The van der Waals surface area contributed by atoms with E-state index in [0.717, 1.165) is 0 Å². The van der Waals surface area contributed by atoms with Crippen LogP contribution in [0.1, 0.15) is 5.56 Å². The lowest BCUT2D eigenvalue weighted by Gasteiger charge is -2.04. The third kappa shape index (κ3) is 2.98. The maximum Gasteiger partial charge on any atom is 0.0496 e. The van der Waals surface area contributed by atoms with Crippen molar-refractivity contribution in [2.75, 3.05) is 12.5 Å². The Kier molecular flexibility index (Phi) is 4.97. The summed E-state index contributed by atoms with van der Waals surface area (Å²) in [6.07, 6.45) is 4.35. The minimum Gasteiger partial charge on any atom is -0.133 e. The fourth-order valence-corrected chi connectivity index (χ4v) is 6.11. The topological polar surface area (TPSA) is 0 Å². The first-order valence-electron chi connectivity index (χ1n) is 7.12. The quantitative estimate of drug-likeness (QED) is 0.476. The minimum absolute atomic E-state index is 1.30. The van der Waals surface area contributed by atoms with Crippen molar-refractivity contribution in [2.45, 2.75) is 16.7 Å². The van der Waals surface area contributed by atoms with Gasteiger partial charge in [-0.05, 0) is 30.6 Å². The first-order valence-corrected chi connectivity index (χ1v) is 10.4. The van der Waals surface area contributed by atoms with E-state index in [1.807, 2.05) is 34.9 Å². The van der Waals surface area contributed by atoms with E-state index in [2.05, 4.69) is 74.0 Å². The van der Waals surface area contributed by atoms with E-state index < -0.39 is 0 Å². The highest BCUT2D eigenvalue weighted by molar-refractivity contribution is 8.02. The van der Waals surface area contributed by atoms with Crippen molar-refractivity contribution < 1.29 is 0 Å². The highest BCUT2D eigenvalue weighted by atomic mass is 32.2. The van der Waals surface area contributed by atoms with Gasteiger partial charge in [0.1, 0.15) is 0 Å². The molecule has 0 aliphatic heterocycles. The van der Waals surface area contributed by atoms with Crippen molar-refractivity contribution in [2.24, 2.45) is 0 Å². The molecule has 0 saturated heterocycles. The Morgan fingerprint density at radius 2 is 1.18 bits per heavy atom. The lowest BCUT2D eigenvalue weighted by molar-refractivity contribution is 1.34. The van der Waals surface area contributed by atoms with E-state index in [1.54, 1.807) is 0 Å². The first kappa shape index (κ1) is 15.7. The van der Waals surface area contributed by atoms with E-state index in [1.165, 1.54) is 36.2 Å². The molecule has 0 amide bonds. The molecule has 3 rings (SSSR count). The molecule has 0 radical (unpaired) electrons. The van der Waals surface area contributed by atoms with E-state index in [0.29, 0.717) is 0 Å². The van der Waals surface area contributed by atoms with Crippen molar-refractivity contribution in [1.82, 2.24) is 0 Å². The van der Waals surface area contributed by atoms with Crippen LogP contribution >= 0.6 is 34.9 Å². The SMILES string of the molecule is CSc1c(-c2ccccc2)sc(-c2ccc(C)cc2)c1SC. The summed E-state index contributed by atoms with van der Waals surface area (Å²) in [5, 5.41) is 0. The zero-order chi connectivity index (χ0) is 15.5. The molecule has 0 saturated carbocycles. The van der Waals surface area contributed by atoms with Gasteiger partial charge in [0.25, 0.3) is 0 Å². The molecule has 22 heavy (non-hydrogen) atoms. The Morgan fingerprint density at radius 3 is 1.68 bits per heavy atom. The number of hydrogen-bond acceptors (Lipinski definition) is 3. The highest BCUT2D eigenvalue weighted by Gasteiger charge is 2.19. The molecule has 0 nitrogen and oxygen atoms in total. The van der Waals surface area contributed by atoms with Crippen molar-refractivity contribution in [3.8, 4) is 20.9 Å². The normalized spacial score (nSPS) is 10.9. The predicted octanol–water partition coefficient (Wildman–Crippen LogP) is 6.83. The molecule has 0 fully saturated rings. The van der Waals surface area contributed by atoms with Crippen molar-refractivity contribution in [3.05, 3.63) is 60.2 Å². The molecule has 0 bridgehead atoms. The highest BCUT2D eigenvalue weighted by Crippen LogP contribution is 2.49. The monoisotopic (exact) mass is 342 g/mol. The number of rotatable bonds is 4. The number of thioether (sulfide) groups is 2. The van der Waals surface area contributed by atoms with Gasteiger partial charge in [0, 0.05) is 19.5 Å². The molecule has 3 heteroatoms. The Hall–Kier alpha value is -1.16. The van der Waals surface area contributed by atoms with Gasteiger partial charge in [-0.15, -0.1) is 34.9 Å². The van der Waals surface area contributed by atoms with Crippen LogP contribution in [0.25, 0.3) is 20.9 Å². The molecule has 1 aromatic heterocycles. The van der Waals surface area contributed by atoms with E-state index in [-0.39, 0.29) is 0 Å². The standard InChI is InChI=1S/C19H18S3/c1-13-9-11-15(12-10-13)17-19(21-3)18(20-2)16(22-17)14-7-5-4-6-8-14/h4-12H,1-3H3. The Bertz CT molecular complexity index is 755. The van der Waals surface area contributed by atoms with Crippen LogP contribution in [0.3, 0.4) is 0 Å². The second kappa shape index (κ2) is 6.95. The van der Waals surface area contributed by atoms with Crippen LogP contribution in [0, 0.1) is 6.92 Å². The summed E-state index contributed by atoms with van der Waals surface area (Å²) in [7, 11) is 0. The van der Waals surface area contributed by atoms with Crippen molar-refractivity contribution in [3.63, 3.8) is 0 Å². The van der Waals surface area contributed by atoms with Gasteiger partial charge in [0.15, 0.2) is 0 Å². The molecule has 0 unspecified atom stereocenters. The van der Waals surface area contributed by atoms with Crippen LogP contribution in [0.4, 0.5) is 0 Å². The summed E-state index contributed by atoms with van der Waals surface area (Å²) >= 11 is 5.61. The van der Waals surface area contributed by atoms with Crippen molar-refractivity contribution in [1.29, 1.82) is 0 Å². The zero-order valence-electron chi connectivity index (χ0n) is 12.9. The first-order chi connectivity index (χ1) is 10.7. The van der Waals surface area contributed by atoms with Crippen LogP contribution in [0.2, 0.25) is 0 Å². The van der Waals surface area contributed by atoms with Gasteiger partial charge in [0.05, 0.1) is 0 Å². The number of hydrogen-bond donors (Lipinski definition) is 0. The Labute approximate surface area is 145 Å². The third-order valence-electron chi connectivity index (χ3n) is 3.58. The van der Waals surface area contributed by atoms with Crippen LogP contribution in [-0.2, 0) is 0 Å². The fourth-order valence-electron chi connectivity index (χ4n) is 2.45. The molecule has 0 aliphatic carbocycles. The summed E-state index contributed by atoms with van der Waals surface area (Å²) in [6.45, 7) is 2.14. The Balaban J connectivity index is 2.19. The van der Waals surface area contributed by atoms with Crippen LogP contribution in [-0.4, -0.2) is 12.5 Å². The summed E-state index contributed by atoms with van der Waals surface area (Å²) in [5.74, 6) is 0.